The molecule has 6 atom stereocenters. The minimum atomic E-state index is -5.28. The van der Waals surface area contributed by atoms with Gasteiger partial charge in [0.2, 0.25) is 0 Å². The van der Waals surface area contributed by atoms with Crippen LogP contribution in [0.4, 0.5) is 11.5 Å². The number of phosphoric acid groups is 2. The monoisotopic (exact) mass is 566 g/mol. The van der Waals surface area contributed by atoms with Crippen LogP contribution >= 0.6 is 15.6 Å². The molecule has 1 aliphatic heterocycles. The van der Waals surface area contributed by atoms with Crippen LogP contribution < -0.4 is 17.2 Å². The van der Waals surface area contributed by atoms with Gasteiger partial charge in [-0.3, -0.25) is 13.6 Å². The molecule has 1 saturated heterocycles. The second-order valence-corrected chi connectivity index (χ2v) is 10.5. The highest BCUT2D eigenvalue weighted by Crippen LogP contribution is 2.60. The smallest absolute Gasteiger partial charge is 0.460 e. The lowest BCUT2D eigenvalue weighted by molar-refractivity contribution is -0.0542. The number of ether oxygens (including phenoxy) is 2. The van der Waals surface area contributed by atoms with Crippen molar-refractivity contribution in [2.75, 3.05) is 31.3 Å². The Morgan fingerprint density at radius 3 is 2.41 bits per heavy atom. The zero-order valence-corrected chi connectivity index (χ0v) is 20.6. The average Bonchev–Trinajstić information content (AvgIpc) is 3.08. The fourth-order valence-corrected chi connectivity index (χ4v) is 5.17. The van der Waals surface area contributed by atoms with Gasteiger partial charge in [0, 0.05) is 11.9 Å². The third-order valence-electron chi connectivity index (χ3n) is 4.82. The van der Waals surface area contributed by atoms with Crippen molar-refractivity contribution in [2.24, 2.45) is 0 Å². The van der Waals surface area contributed by atoms with E-state index in [1.165, 1.54) is 18.2 Å². The predicted octanol–water partition coefficient (Wildman–Crippen LogP) is -0.866. The highest BCUT2D eigenvalue weighted by Gasteiger charge is 2.46. The van der Waals surface area contributed by atoms with Crippen molar-refractivity contribution in [2.45, 2.75) is 24.5 Å². The van der Waals surface area contributed by atoms with Crippen molar-refractivity contribution in [3.05, 3.63) is 52.6 Å². The second kappa shape index (κ2) is 11.8. The third-order valence-corrected chi connectivity index (χ3v) is 7.46. The van der Waals surface area contributed by atoms with Gasteiger partial charge in [-0.25, -0.2) is 18.7 Å². The summed E-state index contributed by atoms with van der Waals surface area (Å²) in [6.07, 6.45) is -5.11. The number of hydrogen-bond acceptors (Lipinski definition) is 14. The Bertz CT molecular complexity index is 1270. The number of phosphoric ester groups is 2. The maximum absolute atomic E-state index is 12.1. The quantitative estimate of drug-likeness (QED) is 0.0835. The van der Waals surface area contributed by atoms with Crippen molar-refractivity contribution in [3.8, 4) is 0 Å². The molecule has 8 N–H and O–H groups in total. The van der Waals surface area contributed by atoms with Gasteiger partial charge in [-0.2, -0.15) is 9.29 Å². The Labute approximate surface area is 208 Å². The van der Waals surface area contributed by atoms with Gasteiger partial charge in [-0.15, -0.1) is 0 Å². The van der Waals surface area contributed by atoms with Gasteiger partial charge in [-0.1, -0.05) is 12.1 Å². The third kappa shape index (κ3) is 7.66. The first-order valence-electron chi connectivity index (χ1n) is 10.3. The molecule has 0 bridgehead atoms. The molecule has 2 heterocycles. The molecule has 1 aliphatic rings. The summed E-state index contributed by atoms with van der Waals surface area (Å²) in [5, 5.41) is 20.3. The normalized spacial score (nSPS) is 24.8. The van der Waals surface area contributed by atoms with Crippen molar-refractivity contribution in [3.63, 3.8) is 0 Å². The molecule has 0 aliphatic carbocycles. The van der Waals surface area contributed by atoms with Gasteiger partial charge >= 0.3 is 27.3 Å². The van der Waals surface area contributed by atoms with Gasteiger partial charge in [0.1, 0.15) is 30.7 Å². The van der Waals surface area contributed by atoms with Crippen LogP contribution in [0.5, 0.6) is 0 Å². The molecule has 17 nitrogen and oxygen atoms in total. The Morgan fingerprint density at radius 2 is 1.73 bits per heavy atom. The Kier molecular flexibility index (Phi) is 9.20. The number of aliphatic hydroxyl groups is 2. The summed E-state index contributed by atoms with van der Waals surface area (Å²) < 4.78 is 48.3. The van der Waals surface area contributed by atoms with E-state index in [4.69, 9.17) is 20.9 Å². The Hall–Kier alpha value is -2.69. The summed E-state index contributed by atoms with van der Waals surface area (Å²) in [6, 6.07) is 7.24. The molecule has 204 valence electrons. The standard InChI is InChI=1S/C18H24N4O13P2/c19-11-4-2-1-3-10(11)17(25)31-7-8-32-36(27,28)35-37(29,30)33-9-12-14(23)15(24)16(34-12)22-6-5-13(20)21-18(22)26/h1-6,12,14-16,23-24H,7-9,19H2,(H,27,28)(H,29,30)(H2,20,21,26)/t12-,14-,15-,16-/m1/s1. The van der Waals surface area contributed by atoms with Crippen LogP contribution in [-0.2, 0) is 32.0 Å². The number of esters is 1. The van der Waals surface area contributed by atoms with Crippen LogP contribution in [0.25, 0.3) is 0 Å². The summed E-state index contributed by atoms with van der Waals surface area (Å²) in [4.78, 5) is 46.8. The maximum Gasteiger partial charge on any atom is 0.481 e. The number of aliphatic hydroxyl groups excluding tert-OH is 2. The number of anilines is 2. The highest BCUT2D eigenvalue weighted by atomic mass is 31.3. The minimum absolute atomic E-state index is 0.0559. The van der Waals surface area contributed by atoms with Gasteiger partial charge < -0.3 is 40.9 Å². The van der Waals surface area contributed by atoms with Gasteiger partial charge in [0.25, 0.3) is 0 Å². The number of rotatable bonds is 11. The van der Waals surface area contributed by atoms with Gasteiger partial charge in [0.15, 0.2) is 6.23 Å². The first kappa shape index (κ1) is 28.9. The molecule has 2 unspecified atom stereocenters. The first-order chi connectivity index (χ1) is 17.3. The molecular formula is C18H24N4O13P2. The summed E-state index contributed by atoms with van der Waals surface area (Å²) >= 11 is 0. The van der Waals surface area contributed by atoms with Gasteiger partial charge in [0.05, 0.1) is 18.8 Å². The van der Waals surface area contributed by atoms with Crippen LogP contribution in [0.15, 0.2) is 41.3 Å². The number of para-hydroxylation sites is 1. The summed E-state index contributed by atoms with van der Waals surface area (Å²) in [5.74, 6) is -0.929. The lowest BCUT2D eigenvalue weighted by Crippen LogP contribution is -2.36. The van der Waals surface area contributed by atoms with Crippen molar-refractivity contribution < 1.29 is 56.8 Å². The van der Waals surface area contributed by atoms with Crippen LogP contribution in [0, 0.1) is 0 Å². The molecule has 1 aromatic carbocycles. The number of nitrogens with zero attached hydrogens (tertiary/aromatic N) is 2. The number of nitrogens with two attached hydrogens (primary N) is 2. The van der Waals surface area contributed by atoms with Crippen LogP contribution in [0.2, 0.25) is 0 Å². The summed E-state index contributed by atoms with van der Waals surface area (Å²) in [5.41, 5.74) is 10.3. The van der Waals surface area contributed by atoms with Gasteiger partial charge in [-0.05, 0) is 18.2 Å². The number of hydrogen-bond donors (Lipinski definition) is 6. The molecule has 0 amide bonds. The van der Waals surface area contributed by atoms with E-state index in [1.807, 2.05) is 0 Å². The zero-order valence-electron chi connectivity index (χ0n) is 18.8. The van der Waals surface area contributed by atoms with E-state index in [-0.39, 0.29) is 17.1 Å². The molecule has 0 radical (unpaired) electrons. The molecule has 19 heteroatoms. The van der Waals surface area contributed by atoms with Crippen molar-refractivity contribution in [1.29, 1.82) is 0 Å². The molecule has 1 fully saturated rings. The number of nitrogen functional groups attached to an aromatic ring is 2. The molecular weight excluding hydrogens is 542 g/mol. The van der Waals surface area contributed by atoms with Crippen molar-refractivity contribution in [1.82, 2.24) is 9.55 Å². The molecule has 1 aromatic heterocycles. The van der Waals surface area contributed by atoms with E-state index in [0.29, 0.717) is 0 Å². The molecule has 37 heavy (non-hydrogen) atoms. The summed E-state index contributed by atoms with van der Waals surface area (Å²) in [6.45, 7) is -2.14. The fourth-order valence-electron chi connectivity index (χ4n) is 3.11. The topological polar surface area (TPSA) is 265 Å². The summed E-state index contributed by atoms with van der Waals surface area (Å²) in [7, 11) is -10.5. The van der Waals surface area contributed by atoms with E-state index in [2.05, 4.69) is 18.3 Å². The van der Waals surface area contributed by atoms with Crippen LogP contribution in [0.3, 0.4) is 0 Å². The van der Waals surface area contributed by atoms with E-state index in [0.717, 1.165) is 10.8 Å². The Morgan fingerprint density at radius 1 is 1.05 bits per heavy atom. The van der Waals surface area contributed by atoms with Crippen LogP contribution in [-0.4, -0.2) is 73.7 Å². The molecule has 3 rings (SSSR count). The Balaban J connectivity index is 1.48. The highest BCUT2D eigenvalue weighted by molar-refractivity contribution is 7.61. The average molecular weight is 566 g/mol. The molecule has 0 saturated carbocycles. The van der Waals surface area contributed by atoms with E-state index in [1.54, 1.807) is 12.1 Å². The van der Waals surface area contributed by atoms with Crippen molar-refractivity contribution >= 4 is 33.1 Å². The SMILES string of the molecule is Nc1ccn([C@@H]2O[C@H](COP(=O)(O)OP(=O)(O)OCCOC(=O)c3ccccc3N)[C@@H](O)[C@H]2O)c(=O)n1. The number of carbonyl (C=O) groups is 1. The fraction of sp³-hybridized carbons (Fsp3) is 0.389. The first-order valence-corrected chi connectivity index (χ1v) is 13.3. The molecule has 2 aromatic rings. The zero-order chi connectivity index (χ0) is 27.4. The lowest BCUT2D eigenvalue weighted by Gasteiger charge is -2.19. The molecule has 0 spiro atoms. The van der Waals surface area contributed by atoms with E-state index < -0.39 is 71.7 Å². The number of carbonyl (C=O) groups excluding carboxylic acids is 1. The number of aromatic nitrogens is 2. The lowest BCUT2D eigenvalue weighted by atomic mass is 10.1. The van der Waals surface area contributed by atoms with E-state index in [9.17, 15) is 38.7 Å². The predicted molar refractivity (Wildman–Crippen MR) is 123 cm³/mol. The van der Waals surface area contributed by atoms with Crippen LogP contribution in [0.1, 0.15) is 16.6 Å². The second-order valence-electron chi connectivity index (χ2n) is 7.46. The van der Waals surface area contributed by atoms with E-state index >= 15 is 0 Å². The largest absolute Gasteiger partial charge is 0.481 e. The minimum Gasteiger partial charge on any atom is -0.460 e. The maximum atomic E-state index is 12.1. The number of benzene rings is 1.